The van der Waals surface area contributed by atoms with Crippen molar-refractivity contribution in [3.8, 4) is 0 Å². The van der Waals surface area contributed by atoms with Gasteiger partial charge in [-0.1, -0.05) is 0 Å². The molecule has 0 aliphatic heterocycles. The van der Waals surface area contributed by atoms with Gasteiger partial charge < -0.3 is 9.88 Å². The molecule has 0 spiro atoms. The number of hydrogen-bond donors (Lipinski definition) is 1. The maximum atomic E-state index is 12.0. The van der Waals surface area contributed by atoms with Gasteiger partial charge in [-0.05, 0) is 32.2 Å². The molecule has 3 rings (SSSR count). The lowest BCUT2D eigenvalue weighted by Gasteiger charge is -2.20. The van der Waals surface area contributed by atoms with Crippen LogP contribution in [0.5, 0.6) is 0 Å². The highest BCUT2D eigenvalue weighted by molar-refractivity contribution is 7.17. The second-order valence-electron chi connectivity index (χ2n) is 5.31. The fraction of sp³-hybridized carbons (Fsp3) is 0.333. The molecule has 0 saturated carbocycles. The summed E-state index contributed by atoms with van der Waals surface area (Å²) in [5.74, 6) is 2.23. The number of anilines is 1. The van der Waals surface area contributed by atoms with Gasteiger partial charge in [-0.25, -0.2) is 15.0 Å². The molecule has 3 heterocycles. The van der Waals surface area contributed by atoms with Crippen LogP contribution in [0.25, 0.3) is 10.2 Å². The number of aryl methyl sites for hydroxylation is 2. The molecule has 114 valence electrons. The maximum Gasteiger partial charge on any atom is 0.268 e. The molecular formula is C15H17N5OS. The van der Waals surface area contributed by atoms with Crippen molar-refractivity contribution in [1.82, 2.24) is 19.9 Å². The van der Waals surface area contributed by atoms with E-state index in [-0.39, 0.29) is 5.56 Å². The quantitative estimate of drug-likeness (QED) is 0.803. The van der Waals surface area contributed by atoms with Gasteiger partial charge in [0.25, 0.3) is 5.56 Å². The minimum atomic E-state index is -0.0878. The summed E-state index contributed by atoms with van der Waals surface area (Å²) in [6, 6.07) is 1.86. The van der Waals surface area contributed by atoms with Crippen LogP contribution >= 0.6 is 11.3 Å². The first kappa shape index (κ1) is 14.6. The van der Waals surface area contributed by atoms with Crippen molar-refractivity contribution < 1.29 is 0 Å². The zero-order valence-electron chi connectivity index (χ0n) is 13.0. The van der Waals surface area contributed by atoms with E-state index in [0.29, 0.717) is 17.1 Å². The molecule has 0 saturated heterocycles. The molecule has 6 nitrogen and oxygen atoms in total. The molecule has 0 bridgehead atoms. The van der Waals surface area contributed by atoms with Gasteiger partial charge in [0.2, 0.25) is 0 Å². The van der Waals surface area contributed by atoms with Crippen molar-refractivity contribution in [2.45, 2.75) is 27.3 Å². The van der Waals surface area contributed by atoms with E-state index in [0.717, 1.165) is 28.4 Å². The normalized spacial score (nSPS) is 11.1. The third kappa shape index (κ3) is 2.59. The number of hydrogen-bond acceptors (Lipinski definition) is 6. The number of aromatic amines is 1. The van der Waals surface area contributed by atoms with Crippen LogP contribution in [0.4, 0.5) is 5.82 Å². The molecule has 0 aliphatic carbocycles. The number of fused-ring (bicyclic) bond motifs is 1. The lowest BCUT2D eigenvalue weighted by Crippen LogP contribution is -2.23. The lowest BCUT2D eigenvalue weighted by molar-refractivity contribution is 0.810. The molecular weight excluding hydrogens is 298 g/mol. The van der Waals surface area contributed by atoms with E-state index in [1.807, 2.05) is 44.2 Å². The van der Waals surface area contributed by atoms with E-state index in [4.69, 9.17) is 0 Å². The predicted octanol–water partition coefficient (Wildman–Crippen LogP) is 2.34. The predicted molar refractivity (Wildman–Crippen MR) is 88.6 cm³/mol. The highest BCUT2D eigenvalue weighted by Gasteiger charge is 2.13. The molecule has 0 aromatic carbocycles. The average molecular weight is 315 g/mol. The minimum Gasteiger partial charge on any atom is -0.352 e. The molecule has 0 amide bonds. The second-order valence-corrected chi connectivity index (χ2v) is 6.22. The van der Waals surface area contributed by atoms with Crippen LogP contribution in [0.15, 0.2) is 16.2 Å². The maximum absolute atomic E-state index is 12.0. The van der Waals surface area contributed by atoms with Crippen LogP contribution in [0, 0.1) is 20.8 Å². The van der Waals surface area contributed by atoms with Crippen LogP contribution in [0.1, 0.15) is 22.9 Å². The lowest BCUT2D eigenvalue weighted by atomic mass is 10.2. The van der Waals surface area contributed by atoms with Crippen molar-refractivity contribution in [2.75, 3.05) is 11.9 Å². The summed E-state index contributed by atoms with van der Waals surface area (Å²) in [6.45, 7) is 6.33. The fourth-order valence-corrected chi connectivity index (χ4v) is 3.14. The minimum absolute atomic E-state index is 0.0878. The van der Waals surface area contributed by atoms with Gasteiger partial charge in [-0.3, -0.25) is 4.79 Å². The van der Waals surface area contributed by atoms with Crippen molar-refractivity contribution in [3.05, 3.63) is 44.7 Å². The highest BCUT2D eigenvalue weighted by Crippen LogP contribution is 2.20. The van der Waals surface area contributed by atoms with Crippen LogP contribution < -0.4 is 10.5 Å². The Hall–Kier alpha value is -2.28. The van der Waals surface area contributed by atoms with E-state index < -0.39 is 0 Å². The van der Waals surface area contributed by atoms with Gasteiger partial charge in [-0.2, -0.15) is 0 Å². The molecule has 0 atom stereocenters. The highest BCUT2D eigenvalue weighted by atomic mass is 32.1. The first-order valence-corrected chi connectivity index (χ1v) is 7.83. The number of H-pyrrole nitrogens is 1. The third-order valence-corrected chi connectivity index (χ3v) is 4.49. The first-order valence-electron chi connectivity index (χ1n) is 6.95. The molecule has 0 aliphatic rings. The van der Waals surface area contributed by atoms with Crippen LogP contribution in [-0.2, 0) is 6.54 Å². The molecule has 22 heavy (non-hydrogen) atoms. The third-order valence-electron chi connectivity index (χ3n) is 3.59. The summed E-state index contributed by atoms with van der Waals surface area (Å²) < 4.78 is 0.663. The Kier molecular flexibility index (Phi) is 3.66. The molecule has 3 aromatic rings. The van der Waals surface area contributed by atoms with Gasteiger partial charge in [0, 0.05) is 18.3 Å². The monoisotopic (exact) mass is 315 g/mol. The number of thiophene rings is 1. The second kappa shape index (κ2) is 5.49. The summed E-state index contributed by atoms with van der Waals surface area (Å²) in [5, 5.41) is 1.88. The molecule has 3 aromatic heterocycles. The fourth-order valence-electron chi connectivity index (χ4n) is 2.42. The van der Waals surface area contributed by atoms with Gasteiger partial charge in [0.05, 0.1) is 12.1 Å². The van der Waals surface area contributed by atoms with E-state index in [9.17, 15) is 4.79 Å². The van der Waals surface area contributed by atoms with Crippen LogP contribution in [0.3, 0.4) is 0 Å². The van der Waals surface area contributed by atoms with Crippen molar-refractivity contribution >= 4 is 27.4 Å². The summed E-state index contributed by atoms with van der Waals surface area (Å²) in [4.78, 5) is 30.2. The van der Waals surface area contributed by atoms with Gasteiger partial charge in [0.15, 0.2) is 0 Å². The van der Waals surface area contributed by atoms with Gasteiger partial charge in [-0.15, -0.1) is 11.3 Å². The number of nitrogens with zero attached hydrogens (tertiary/aromatic N) is 4. The van der Waals surface area contributed by atoms with Crippen molar-refractivity contribution in [3.63, 3.8) is 0 Å². The average Bonchev–Trinajstić information content (AvgIpc) is 2.91. The van der Waals surface area contributed by atoms with Gasteiger partial charge in [0.1, 0.15) is 22.2 Å². The summed E-state index contributed by atoms with van der Waals surface area (Å²) >= 11 is 1.40. The largest absolute Gasteiger partial charge is 0.352 e. The topological polar surface area (TPSA) is 74.8 Å². The zero-order valence-corrected chi connectivity index (χ0v) is 13.8. The summed E-state index contributed by atoms with van der Waals surface area (Å²) in [5.41, 5.74) is 2.65. The Bertz CT molecular complexity index is 899. The Labute approximate surface area is 131 Å². The van der Waals surface area contributed by atoms with Crippen LogP contribution in [-0.4, -0.2) is 27.0 Å². The van der Waals surface area contributed by atoms with Crippen LogP contribution in [0.2, 0.25) is 0 Å². The van der Waals surface area contributed by atoms with E-state index in [2.05, 4.69) is 19.9 Å². The summed E-state index contributed by atoms with van der Waals surface area (Å²) in [6.07, 6.45) is 0. The standard InChI is InChI=1S/C15H17N5OS/c1-8-9(2)16-10(3)17-14(8)20(4)7-12-18-11-5-6-22-13(11)15(21)19-12/h5-6H,7H2,1-4H3,(H,18,19,21). The van der Waals surface area contributed by atoms with E-state index in [1.165, 1.54) is 11.3 Å². The SMILES string of the molecule is Cc1nc(C)c(C)c(N(C)Cc2nc3ccsc3c(=O)[nH]2)n1. The number of aromatic nitrogens is 4. The molecule has 7 heteroatoms. The van der Waals surface area contributed by atoms with Gasteiger partial charge >= 0.3 is 0 Å². The molecule has 0 unspecified atom stereocenters. The number of nitrogens with one attached hydrogen (secondary N) is 1. The molecule has 0 radical (unpaired) electrons. The van der Waals surface area contributed by atoms with Crippen molar-refractivity contribution in [2.24, 2.45) is 0 Å². The molecule has 1 N–H and O–H groups in total. The smallest absolute Gasteiger partial charge is 0.268 e. The first-order chi connectivity index (χ1) is 10.5. The summed E-state index contributed by atoms with van der Waals surface area (Å²) in [7, 11) is 1.94. The zero-order chi connectivity index (χ0) is 15.9. The molecule has 0 fully saturated rings. The Morgan fingerprint density at radius 3 is 2.77 bits per heavy atom. The van der Waals surface area contributed by atoms with E-state index in [1.54, 1.807) is 0 Å². The van der Waals surface area contributed by atoms with Crippen molar-refractivity contribution in [1.29, 1.82) is 0 Å². The Morgan fingerprint density at radius 1 is 1.23 bits per heavy atom. The Balaban J connectivity index is 1.96. The Morgan fingerprint density at radius 2 is 2.00 bits per heavy atom. The number of rotatable bonds is 3. The van der Waals surface area contributed by atoms with E-state index >= 15 is 0 Å².